The first-order chi connectivity index (χ1) is 6.72. The zero-order valence-corrected chi connectivity index (χ0v) is 7.85. The summed E-state index contributed by atoms with van der Waals surface area (Å²) in [5, 5.41) is 13.9. The van der Waals surface area contributed by atoms with E-state index in [9.17, 15) is 19.7 Å². The average molecular weight is 201 g/mol. The molecule has 79 valence electrons. The number of hydrogen-bond acceptors (Lipinski definition) is 4. The van der Waals surface area contributed by atoms with Crippen LogP contribution in [-0.2, 0) is 14.8 Å². The summed E-state index contributed by atoms with van der Waals surface area (Å²) in [5.74, 6) is -0.556. The Hall–Kier alpha value is -1.30. The first-order valence-corrected chi connectivity index (χ1v) is 4.42. The first kappa shape index (κ1) is 12.7. The molecule has 6 nitrogen and oxygen atoms in total. The normalized spacial score (nSPS) is 9.50. The van der Waals surface area contributed by atoms with Crippen LogP contribution >= 0.6 is 0 Å². The molecule has 0 aliphatic heterocycles. The third-order valence-electron chi connectivity index (χ3n) is 1.60. The number of rotatable bonds is 8. The summed E-state index contributed by atoms with van der Waals surface area (Å²) in [5.41, 5.74) is 0. The summed E-state index contributed by atoms with van der Waals surface area (Å²) in [4.78, 5) is 30.6. The summed E-state index contributed by atoms with van der Waals surface area (Å²) < 4.78 is 0. The van der Waals surface area contributed by atoms with Gasteiger partial charge in [-0.2, -0.15) is 9.97 Å². The predicted molar refractivity (Wildman–Crippen MR) is 47.6 cm³/mol. The van der Waals surface area contributed by atoms with Crippen LogP contribution in [0.15, 0.2) is 5.18 Å². The molecule has 0 saturated heterocycles. The molecule has 0 spiro atoms. The largest absolute Gasteiger partial charge is 0.303 e. The lowest BCUT2D eigenvalue weighted by Gasteiger charge is -2.10. The Balaban J connectivity index is 3.53. The van der Waals surface area contributed by atoms with Crippen LogP contribution in [0.1, 0.15) is 25.7 Å². The van der Waals surface area contributed by atoms with Crippen LogP contribution in [0.25, 0.3) is 0 Å². The number of nitrogens with zero attached hydrogens (tertiary/aromatic N) is 2. The van der Waals surface area contributed by atoms with E-state index in [1.165, 1.54) is 0 Å². The van der Waals surface area contributed by atoms with Crippen molar-refractivity contribution in [1.82, 2.24) is 5.06 Å². The van der Waals surface area contributed by atoms with Crippen molar-refractivity contribution in [1.29, 1.82) is 0 Å². The van der Waals surface area contributed by atoms with Crippen molar-refractivity contribution in [2.75, 3.05) is 13.1 Å². The summed E-state index contributed by atoms with van der Waals surface area (Å²) in [6.07, 6.45) is 1.70. The molecular weight excluding hydrogens is 188 g/mol. The third-order valence-corrected chi connectivity index (χ3v) is 1.60. The number of carbonyl (C=O) groups is 2. The van der Waals surface area contributed by atoms with Crippen molar-refractivity contribution in [2.24, 2.45) is 5.18 Å². The number of nitroso groups, excluding NO2 is 1. The van der Waals surface area contributed by atoms with Crippen LogP contribution in [0, 0.1) is 4.91 Å². The molecule has 0 N–H and O–H groups in total. The van der Waals surface area contributed by atoms with E-state index in [0.29, 0.717) is 24.2 Å². The molecule has 6 heteroatoms. The highest BCUT2D eigenvalue weighted by Crippen LogP contribution is 1.98. The van der Waals surface area contributed by atoms with Gasteiger partial charge < -0.3 is 4.79 Å². The molecule has 0 aromatic heterocycles. The maximum absolute atomic E-state index is 11.0. The van der Waals surface area contributed by atoms with E-state index in [4.69, 9.17) is 0 Å². The number of amides is 1. The fourth-order valence-electron chi connectivity index (χ4n) is 0.862. The SMILES string of the molecule is [O]N(CCCC=O)C(=O)CCCN=O. The third kappa shape index (κ3) is 6.24. The highest BCUT2D eigenvalue weighted by molar-refractivity contribution is 5.74. The second-order valence-electron chi connectivity index (χ2n) is 2.76. The summed E-state index contributed by atoms with van der Waals surface area (Å²) in [6, 6.07) is 0. The summed E-state index contributed by atoms with van der Waals surface area (Å²) in [7, 11) is 0. The van der Waals surface area contributed by atoms with Crippen LogP contribution in [0.3, 0.4) is 0 Å². The number of unbranched alkanes of at least 4 members (excludes halogenated alkanes) is 1. The number of carbonyl (C=O) groups excluding carboxylic acids is 2. The van der Waals surface area contributed by atoms with Gasteiger partial charge in [-0.05, 0) is 12.8 Å². The van der Waals surface area contributed by atoms with Crippen molar-refractivity contribution >= 4 is 12.2 Å². The van der Waals surface area contributed by atoms with Gasteiger partial charge in [0.15, 0.2) is 0 Å². The quantitative estimate of drug-likeness (QED) is 0.250. The molecule has 0 aliphatic rings. The fourth-order valence-corrected chi connectivity index (χ4v) is 0.862. The van der Waals surface area contributed by atoms with Gasteiger partial charge >= 0.3 is 0 Å². The van der Waals surface area contributed by atoms with Gasteiger partial charge in [-0.3, -0.25) is 4.79 Å². The molecule has 0 bridgehead atoms. The van der Waals surface area contributed by atoms with E-state index in [-0.39, 0.29) is 25.9 Å². The molecule has 0 heterocycles. The summed E-state index contributed by atoms with van der Waals surface area (Å²) >= 11 is 0. The Morgan fingerprint density at radius 1 is 1.36 bits per heavy atom. The van der Waals surface area contributed by atoms with E-state index in [2.05, 4.69) is 5.18 Å². The van der Waals surface area contributed by atoms with Gasteiger partial charge in [0.05, 0.1) is 13.1 Å². The van der Waals surface area contributed by atoms with Crippen molar-refractivity contribution in [3.63, 3.8) is 0 Å². The molecule has 0 aromatic rings. The average Bonchev–Trinajstić information content (AvgIpc) is 2.18. The van der Waals surface area contributed by atoms with Gasteiger partial charge in [-0.1, -0.05) is 10.4 Å². The Labute approximate surface area is 81.8 Å². The molecule has 0 aromatic carbocycles. The minimum atomic E-state index is -0.556. The Kier molecular flexibility index (Phi) is 7.53. The van der Waals surface area contributed by atoms with Gasteiger partial charge in [0.2, 0.25) is 5.91 Å². The van der Waals surface area contributed by atoms with Crippen LogP contribution in [0.2, 0.25) is 0 Å². The molecule has 14 heavy (non-hydrogen) atoms. The molecule has 0 fully saturated rings. The fraction of sp³-hybridized carbons (Fsp3) is 0.750. The monoisotopic (exact) mass is 201 g/mol. The minimum absolute atomic E-state index is 0.0338. The molecule has 0 aliphatic carbocycles. The number of hydrogen-bond donors (Lipinski definition) is 0. The molecular formula is C8H13N2O4. The van der Waals surface area contributed by atoms with Crippen LogP contribution in [0.4, 0.5) is 0 Å². The van der Waals surface area contributed by atoms with E-state index in [1.54, 1.807) is 0 Å². The highest BCUT2D eigenvalue weighted by Gasteiger charge is 2.10. The van der Waals surface area contributed by atoms with E-state index in [0.717, 1.165) is 0 Å². The first-order valence-electron chi connectivity index (χ1n) is 4.42. The number of hydroxylamine groups is 2. The minimum Gasteiger partial charge on any atom is -0.303 e. The topological polar surface area (TPSA) is 86.7 Å². The van der Waals surface area contributed by atoms with E-state index < -0.39 is 5.91 Å². The predicted octanol–water partition coefficient (Wildman–Crippen LogP) is 0.686. The highest BCUT2D eigenvalue weighted by atomic mass is 16.5. The molecule has 1 radical (unpaired) electrons. The van der Waals surface area contributed by atoms with Crippen molar-refractivity contribution in [3.05, 3.63) is 4.91 Å². The van der Waals surface area contributed by atoms with Crippen LogP contribution in [-0.4, -0.2) is 30.3 Å². The van der Waals surface area contributed by atoms with Gasteiger partial charge in [-0.25, -0.2) is 0 Å². The second-order valence-corrected chi connectivity index (χ2v) is 2.76. The molecule has 1 amide bonds. The Bertz CT molecular complexity index is 196. The Morgan fingerprint density at radius 2 is 2.07 bits per heavy atom. The standard InChI is InChI=1S/C8H13N2O4/c11-7-2-1-6-10(14)8(12)4-3-5-9-13/h7H,1-6H2. The van der Waals surface area contributed by atoms with E-state index in [1.807, 2.05) is 0 Å². The smallest absolute Gasteiger partial charge is 0.248 e. The lowest BCUT2D eigenvalue weighted by Crippen LogP contribution is -2.26. The van der Waals surface area contributed by atoms with E-state index >= 15 is 0 Å². The van der Waals surface area contributed by atoms with Gasteiger partial charge in [0.1, 0.15) is 6.29 Å². The van der Waals surface area contributed by atoms with Gasteiger partial charge in [0.25, 0.3) is 0 Å². The van der Waals surface area contributed by atoms with Gasteiger partial charge in [-0.15, -0.1) is 0 Å². The number of aldehydes is 1. The molecule has 0 unspecified atom stereocenters. The maximum Gasteiger partial charge on any atom is 0.248 e. The van der Waals surface area contributed by atoms with Crippen molar-refractivity contribution in [3.8, 4) is 0 Å². The lowest BCUT2D eigenvalue weighted by atomic mass is 10.3. The zero-order valence-electron chi connectivity index (χ0n) is 7.85. The van der Waals surface area contributed by atoms with Crippen LogP contribution < -0.4 is 0 Å². The maximum atomic E-state index is 11.0. The summed E-state index contributed by atoms with van der Waals surface area (Å²) in [6.45, 7) is 0.0833. The second kappa shape index (κ2) is 8.31. The Morgan fingerprint density at radius 3 is 2.64 bits per heavy atom. The van der Waals surface area contributed by atoms with Crippen molar-refractivity contribution < 1.29 is 14.8 Å². The lowest BCUT2D eigenvalue weighted by molar-refractivity contribution is -0.187. The molecule has 0 saturated carbocycles. The van der Waals surface area contributed by atoms with Crippen LogP contribution in [0.5, 0.6) is 0 Å². The molecule has 0 atom stereocenters. The van der Waals surface area contributed by atoms with Gasteiger partial charge in [0, 0.05) is 12.8 Å². The van der Waals surface area contributed by atoms with Crippen molar-refractivity contribution in [2.45, 2.75) is 25.7 Å². The molecule has 0 rings (SSSR count). The zero-order chi connectivity index (χ0) is 10.8.